The van der Waals surface area contributed by atoms with Crippen LogP contribution in [0.4, 0.5) is 0 Å². The fourth-order valence-corrected chi connectivity index (χ4v) is 4.29. The van der Waals surface area contributed by atoms with Gasteiger partial charge >= 0.3 is 7.12 Å². The number of methoxy groups -OCH3 is 1. The lowest BCUT2D eigenvalue weighted by Crippen LogP contribution is -2.56. The van der Waals surface area contributed by atoms with Crippen LogP contribution < -0.4 is 15.4 Å². The Balaban J connectivity index is 1.77. The number of hydrogen-bond acceptors (Lipinski definition) is 8. The van der Waals surface area contributed by atoms with E-state index in [0.717, 1.165) is 5.56 Å². The van der Waals surface area contributed by atoms with Gasteiger partial charge in [0.25, 0.3) is 11.8 Å². The third-order valence-corrected chi connectivity index (χ3v) is 6.12. The SMILES string of the molecule is COc1cccc(CC2(C(=O)NC(CC(C)C)B(O)O)CC(CNC(=O)c3ccnn3C(C)C)=NO2)c1. The molecule has 4 N–H and O–H groups in total. The summed E-state index contributed by atoms with van der Waals surface area (Å²) in [5.74, 6) is -0.962. The molecule has 2 unspecified atom stereocenters. The average Bonchev–Trinajstić information content (AvgIpc) is 3.50. The molecule has 3 rings (SSSR count). The van der Waals surface area contributed by atoms with Crippen molar-refractivity contribution in [2.45, 2.75) is 64.5 Å². The summed E-state index contributed by atoms with van der Waals surface area (Å²) in [5, 5.41) is 33.6. The molecule has 0 saturated carbocycles. The first-order valence-corrected chi connectivity index (χ1v) is 12.4. The van der Waals surface area contributed by atoms with E-state index in [1.807, 2.05) is 39.8 Å². The Morgan fingerprint density at radius 1 is 1.24 bits per heavy atom. The summed E-state index contributed by atoms with van der Waals surface area (Å²) in [6, 6.07) is 8.91. The van der Waals surface area contributed by atoms with Gasteiger partial charge < -0.3 is 30.3 Å². The van der Waals surface area contributed by atoms with Gasteiger partial charge in [0.2, 0.25) is 5.60 Å². The topological polar surface area (TPSA) is 147 Å². The minimum absolute atomic E-state index is 0.0165. The molecule has 12 heteroatoms. The molecule has 0 aliphatic carbocycles. The number of nitrogens with zero attached hydrogens (tertiary/aromatic N) is 3. The summed E-state index contributed by atoms with van der Waals surface area (Å²) >= 11 is 0. The second-order valence-corrected chi connectivity index (χ2v) is 10.0. The Labute approximate surface area is 217 Å². The van der Waals surface area contributed by atoms with Gasteiger partial charge in [0.15, 0.2) is 0 Å². The highest BCUT2D eigenvalue weighted by Crippen LogP contribution is 2.30. The molecule has 2 heterocycles. The van der Waals surface area contributed by atoms with Gasteiger partial charge in [-0.05, 0) is 49.9 Å². The van der Waals surface area contributed by atoms with E-state index in [1.54, 1.807) is 36.2 Å². The summed E-state index contributed by atoms with van der Waals surface area (Å²) in [7, 11) is -0.172. The highest BCUT2D eigenvalue weighted by atomic mass is 16.7. The highest BCUT2D eigenvalue weighted by molar-refractivity contribution is 6.43. The van der Waals surface area contributed by atoms with Crippen molar-refractivity contribution < 1.29 is 29.2 Å². The normalized spacial score (nSPS) is 17.8. The molecule has 0 radical (unpaired) electrons. The van der Waals surface area contributed by atoms with Gasteiger partial charge in [-0.15, -0.1) is 0 Å². The predicted octanol–water partition coefficient (Wildman–Crippen LogP) is 1.50. The maximum Gasteiger partial charge on any atom is 0.475 e. The number of nitrogens with one attached hydrogen (secondary N) is 2. The van der Waals surface area contributed by atoms with Crippen LogP contribution in [0.2, 0.25) is 0 Å². The van der Waals surface area contributed by atoms with Crippen molar-refractivity contribution in [2.75, 3.05) is 13.7 Å². The first-order chi connectivity index (χ1) is 17.5. The van der Waals surface area contributed by atoms with E-state index in [9.17, 15) is 19.6 Å². The molecule has 1 aromatic carbocycles. The number of carbonyl (C=O) groups is 2. The summed E-state index contributed by atoms with van der Waals surface area (Å²) < 4.78 is 6.93. The molecule has 37 heavy (non-hydrogen) atoms. The molecule has 1 aliphatic rings. The number of carbonyl (C=O) groups excluding carboxylic acids is 2. The van der Waals surface area contributed by atoms with E-state index < -0.39 is 24.6 Å². The Bertz CT molecular complexity index is 1120. The summed E-state index contributed by atoms with van der Waals surface area (Å²) in [4.78, 5) is 32.1. The third-order valence-electron chi connectivity index (χ3n) is 6.12. The van der Waals surface area contributed by atoms with Gasteiger partial charge in [-0.3, -0.25) is 14.3 Å². The van der Waals surface area contributed by atoms with Crippen LogP contribution in [0.1, 0.15) is 62.6 Å². The molecule has 2 aromatic rings. The molecule has 2 atom stereocenters. The molecular weight excluding hydrogens is 477 g/mol. The van der Waals surface area contributed by atoms with E-state index in [2.05, 4.69) is 20.9 Å². The van der Waals surface area contributed by atoms with Crippen molar-refractivity contribution in [1.29, 1.82) is 0 Å². The molecule has 0 fully saturated rings. The number of oxime groups is 1. The van der Waals surface area contributed by atoms with E-state index in [1.165, 1.54) is 0 Å². The Morgan fingerprint density at radius 2 is 2.00 bits per heavy atom. The summed E-state index contributed by atoms with van der Waals surface area (Å²) in [6.07, 6.45) is 2.20. The smallest absolute Gasteiger partial charge is 0.475 e. The van der Waals surface area contributed by atoms with Crippen LogP contribution in [-0.4, -0.2) is 69.7 Å². The Morgan fingerprint density at radius 3 is 2.65 bits per heavy atom. The van der Waals surface area contributed by atoms with Crippen LogP contribution in [0.15, 0.2) is 41.7 Å². The van der Waals surface area contributed by atoms with E-state index >= 15 is 0 Å². The van der Waals surface area contributed by atoms with Crippen molar-refractivity contribution in [3.8, 4) is 5.75 Å². The molecule has 2 amide bonds. The number of aromatic nitrogens is 2. The fourth-order valence-electron chi connectivity index (χ4n) is 4.29. The van der Waals surface area contributed by atoms with Crippen molar-refractivity contribution >= 4 is 24.6 Å². The predicted molar refractivity (Wildman–Crippen MR) is 139 cm³/mol. The first kappa shape index (κ1) is 28.2. The van der Waals surface area contributed by atoms with Gasteiger partial charge in [-0.1, -0.05) is 31.1 Å². The van der Waals surface area contributed by atoms with Crippen molar-refractivity contribution in [3.63, 3.8) is 0 Å². The van der Waals surface area contributed by atoms with E-state index in [4.69, 9.17) is 9.57 Å². The zero-order valence-corrected chi connectivity index (χ0v) is 22.0. The minimum atomic E-state index is -1.73. The van der Waals surface area contributed by atoms with Gasteiger partial charge in [-0.25, -0.2) is 0 Å². The van der Waals surface area contributed by atoms with Crippen LogP contribution in [0.3, 0.4) is 0 Å². The highest BCUT2D eigenvalue weighted by Gasteiger charge is 2.48. The van der Waals surface area contributed by atoms with Gasteiger partial charge in [0, 0.05) is 25.1 Å². The van der Waals surface area contributed by atoms with Crippen LogP contribution in [0.5, 0.6) is 5.75 Å². The third kappa shape index (κ3) is 7.10. The van der Waals surface area contributed by atoms with Gasteiger partial charge in [0.05, 0.1) is 25.3 Å². The zero-order valence-electron chi connectivity index (χ0n) is 22.0. The molecule has 200 valence electrons. The number of hydrogen-bond donors (Lipinski definition) is 4. The summed E-state index contributed by atoms with van der Waals surface area (Å²) in [5.41, 5.74) is 0.243. The molecular formula is C25H36BN5O6. The molecule has 1 aromatic heterocycles. The van der Waals surface area contributed by atoms with Crippen LogP contribution in [0, 0.1) is 5.92 Å². The van der Waals surface area contributed by atoms with Crippen molar-refractivity contribution in [1.82, 2.24) is 20.4 Å². The lowest BCUT2D eigenvalue weighted by Gasteiger charge is -2.29. The summed E-state index contributed by atoms with van der Waals surface area (Å²) in [6.45, 7) is 7.79. The minimum Gasteiger partial charge on any atom is -0.497 e. The van der Waals surface area contributed by atoms with E-state index in [0.29, 0.717) is 23.6 Å². The van der Waals surface area contributed by atoms with Crippen molar-refractivity contribution in [2.24, 2.45) is 11.1 Å². The molecule has 0 bridgehead atoms. The molecule has 0 saturated heterocycles. The van der Waals surface area contributed by atoms with Crippen molar-refractivity contribution in [3.05, 3.63) is 47.8 Å². The van der Waals surface area contributed by atoms with E-state index in [-0.39, 0.29) is 37.3 Å². The largest absolute Gasteiger partial charge is 0.497 e. The second-order valence-electron chi connectivity index (χ2n) is 10.0. The number of amides is 2. The molecule has 11 nitrogen and oxygen atoms in total. The Hall–Kier alpha value is -3.38. The Kier molecular flexibility index (Phi) is 9.33. The quantitative estimate of drug-likeness (QED) is 0.315. The maximum atomic E-state index is 13.6. The fraction of sp³-hybridized carbons (Fsp3) is 0.520. The first-order valence-electron chi connectivity index (χ1n) is 12.4. The van der Waals surface area contributed by atoms with Crippen LogP contribution >= 0.6 is 0 Å². The number of ether oxygens (including phenoxy) is 1. The number of rotatable bonds is 12. The lowest BCUT2D eigenvalue weighted by molar-refractivity contribution is -0.144. The lowest BCUT2D eigenvalue weighted by atomic mass is 9.74. The van der Waals surface area contributed by atoms with Gasteiger partial charge in [0.1, 0.15) is 11.4 Å². The number of benzene rings is 1. The second kappa shape index (κ2) is 12.2. The monoisotopic (exact) mass is 513 g/mol. The van der Waals surface area contributed by atoms with Gasteiger partial charge in [-0.2, -0.15) is 5.10 Å². The standard InChI is InChI=1S/C25H36BN5O6/c1-16(2)11-22(26(34)35)29-24(33)25(13-18-7-6-8-20(12-18)36-5)14-19(30-37-25)15-27-23(32)21-9-10-28-31(21)17(3)4/h6-10,12,16-17,22,34-35H,11,13-15H2,1-5H3,(H,27,32)(H,29,33). The molecule has 1 aliphatic heterocycles. The maximum absolute atomic E-state index is 13.6. The molecule has 0 spiro atoms. The zero-order chi connectivity index (χ0) is 27.2. The van der Waals surface area contributed by atoms with Crippen LogP contribution in [-0.2, 0) is 16.1 Å². The van der Waals surface area contributed by atoms with Crippen LogP contribution in [0.25, 0.3) is 0 Å². The average molecular weight is 513 g/mol.